The van der Waals surface area contributed by atoms with Crippen molar-refractivity contribution in [3.05, 3.63) is 41.3 Å². The molecule has 0 aliphatic heterocycles. The molecule has 3 N–H and O–H groups in total. The average Bonchev–Trinajstić information content (AvgIpc) is 2.73. The Labute approximate surface area is 108 Å². The van der Waals surface area contributed by atoms with Gasteiger partial charge in [0.25, 0.3) is 0 Å². The summed E-state index contributed by atoms with van der Waals surface area (Å²) < 4.78 is 0. The van der Waals surface area contributed by atoms with Crippen LogP contribution in [0.4, 0.5) is 0 Å². The van der Waals surface area contributed by atoms with Crippen LogP contribution in [-0.2, 0) is 5.54 Å². The van der Waals surface area contributed by atoms with Crippen molar-refractivity contribution in [2.45, 2.75) is 39.7 Å². The molecule has 2 rings (SSSR count). The molecule has 96 valence electrons. The molecule has 1 heterocycles. The zero-order valence-electron chi connectivity index (χ0n) is 11.5. The van der Waals surface area contributed by atoms with Crippen LogP contribution in [0.3, 0.4) is 0 Å². The van der Waals surface area contributed by atoms with Gasteiger partial charge in [0.1, 0.15) is 5.82 Å². The van der Waals surface area contributed by atoms with Crippen LogP contribution in [0.1, 0.15) is 37.4 Å². The molecule has 3 heteroatoms. The average molecular weight is 243 g/mol. The number of imidazole rings is 1. The lowest BCUT2D eigenvalue weighted by molar-refractivity contribution is 0.449. The zero-order chi connectivity index (χ0) is 13.3. The Morgan fingerprint density at radius 1 is 1.22 bits per heavy atom. The summed E-state index contributed by atoms with van der Waals surface area (Å²) in [5.41, 5.74) is 10.3. The molecule has 0 amide bonds. The Bertz CT molecular complexity index is 535. The van der Waals surface area contributed by atoms with Crippen molar-refractivity contribution in [3.63, 3.8) is 0 Å². The normalized spacial score (nSPS) is 14.5. The molecule has 2 aromatic rings. The molecule has 0 aliphatic carbocycles. The third-order valence-corrected chi connectivity index (χ3v) is 3.49. The van der Waals surface area contributed by atoms with E-state index in [-0.39, 0.29) is 0 Å². The minimum Gasteiger partial charge on any atom is -0.344 e. The summed E-state index contributed by atoms with van der Waals surface area (Å²) in [4.78, 5) is 7.98. The lowest BCUT2D eigenvalue weighted by atomic mass is 10.00. The lowest BCUT2D eigenvalue weighted by Crippen LogP contribution is -2.33. The van der Waals surface area contributed by atoms with Crippen LogP contribution in [0.15, 0.2) is 24.3 Å². The fraction of sp³-hybridized carbons (Fsp3) is 0.400. The fourth-order valence-electron chi connectivity index (χ4n) is 1.89. The van der Waals surface area contributed by atoms with Crippen molar-refractivity contribution in [1.82, 2.24) is 9.97 Å². The van der Waals surface area contributed by atoms with E-state index in [2.05, 4.69) is 48.1 Å². The van der Waals surface area contributed by atoms with Crippen LogP contribution in [-0.4, -0.2) is 9.97 Å². The van der Waals surface area contributed by atoms with E-state index in [1.54, 1.807) is 0 Å². The third-order valence-electron chi connectivity index (χ3n) is 3.49. The standard InChI is InChI=1S/C15H21N3/c1-5-15(4,16)14-17-11(3)13(18-14)12-8-6-10(2)7-9-12/h6-9H,5,16H2,1-4H3,(H,17,18). The van der Waals surface area contributed by atoms with E-state index in [1.807, 2.05) is 13.8 Å². The van der Waals surface area contributed by atoms with Gasteiger partial charge in [0.05, 0.1) is 11.2 Å². The second-order valence-electron chi connectivity index (χ2n) is 5.20. The predicted octanol–water partition coefficient (Wildman–Crippen LogP) is 3.28. The molecule has 3 nitrogen and oxygen atoms in total. The molecule has 0 radical (unpaired) electrons. The van der Waals surface area contributed by atoms with E-state index in [0.29, 0.717) is 0 Å². The first-order chi connectivity index (χ1) is 8.44. The highest BCUT2D eigenvalue weighted by Crippen LogP contribution is 2.26. The van der Waals surface area contributed by atoms with Gasteiger partial charge in [0.15, 0.2) is 0 Å². The van der Waals surface area contributed by atoms with Gasteiger partial charge in [-0.05, 0) is 27.2 Å². The molecule has 1 unspecified atom stereocenters. The summed E-state index contributed by atoms with van der Waals surface area (Å²) in [6.45, 7) is 8.20. The SMILES string of the molecule is CCC(C)(N)c1nc(-c2ccc(C)cc2)c(C)[nH]1. The number of nitrogens with two attached hydrogens (primary N) is 1. The van der Waals surface area contributed by atoms with Crippen LogP contribution in [0.2, 0.25) is 0 Å². The molecular formula is C15H21N3. The monoisotopic (exact) mass is 243 g/mol. The summed E-state index contributed by atoms with van der Waals surface area (Å²) >= 11 is 0. The minimum absolute atomic E-state index is 0.395. The largest absolute Gasteiger partial charge is 0.344 e. The molecule has 0 spiro atoms. The number of hydrogen-bond acceptors (Lipinski definition) is 2. The van der Waals surface area contributed by atoms with Gasteiger partial charge in [-0.25, -0.2) is 4.98 Å². The number of rotatable bonds is 3. The molecule has 0 saturated carbocycles. The van der Waals surface area contributed by atoms with Crippen LogP contribution < -0.4 is 5.73 Å². The maximum absolute atomic E-state index is 6.23. The Morgan fingerprint density at radius 3 is 2.39 bits per heavy atom. The molecule has 18 heavy (non-hydrogen) atoms. The quantitative estimate of drug-likeness (QED) is 0.869. The maximum Gasteiger partial charge on any atom is 0.126 e. The Hall–Kier alpha value is -1.61. The molecule has 1 aromatic heterocycles. The number of nitrogens with zero attached hydrogens (tertiary/aromatic N) is 1. The molecule has 0 fully saturated rings. The maximum atomic E-state index is 6.23. The van der Waals surface area contributed by atoms with Gasteiger partial charge in [0, 0.05) is 11.3 Å². The summed E-state index contributed by atoms with van der Waals surface area (Å²) in [5, 5.41) is 0. The Balaban J connectivity index is 2.44. The summed E-state index contributed by atoms with van der Waals surface area (Å²) in [6, 6.07) is 8.40. The van der Waals surface area contributed by atoms with Gasteiger partial charge in [-0.1, -0.05) is 36.8 Å². The van der Waals surface area contributed by atoms with Crippen LogP contribution in [0.25, 0.3) is 11.3 Å². The van der Waals surface area contributed by atoms with Gasteiger partial charge < -0.3 is 10.7 Å². The van der Waals surface area contributed by atoms with Crippen molar-refractivity contribution in [2.24, 2.45) is 5.73 Å². The summed E-state index contributed by atoms with van der Waals surface area (Å²) in [5.74, 6) is 0.859. The minimum atomic E-state index is -0.395. The van der Waals surface area contributed by atoms with E-state index in [1.165, 1.54) is 5.56 Å². The summed E-state index contributed by atoms with van der Waals surface area (Å²) in [7, 11) is 0. The molecule has 0 aliphatic rings. The van der Waals surface area contributed by atoms with E-state index in [4.69, 9.17) is 5.73 Å². The highest BCUT2D eigenvalue weighted by Gasteiger charge is 2.23. The number of hydrogen-bond donors (Lipinski definition) is 2. The molecule has 0 bridgehead atoms. The highest BCUT2D eigenvalue weighted by atomic mass is 15.0. The van der Waals surface area contributed by atoms with Crippen molar-refractivity contribution in [1.29, 1.82) is 0 Å². The fourth-order valence-corrected chi connectivity index (χ4v) is 1.89. The first-order valence-corrected chi connectivity index (χ1v) is 6.37. The number of benzene rings is 1. The van der Waals surface area contributed by atoms with Gasteiger partial charge in [-0.3, -0.25) is 0 Å². The summed E-state index contributed by atoms with van der Waals surface area (Å²) in [6.07, 6.45) is 0.854. The number of nitrogens with one attached hydrogen (secondary N) is 1. The smallest absolute Gasteiger partial charge is 0.126 e. The predicted molar refractivity (Wildman–Crippen MR) is 75.3 cm³/mol. The Kier molecular flexibility index (Phi) is 3.26. The van der Waals surface area contributed by atoms with Gasteiger partial charge in [-0.2, -0.15) is 0 Å². The van der Waals surface area contributed by atoms with Crippen LogP contribution in [0.5, 0.6) is 0 Å². The number of aromatic amines is 1. The van der Waals surface area contributed by atoms with Crippen molar-refractivity contribution in [3.8, 4) is 11.3 Å². The molecule has 1 atom stereocenters. The topological polar surface area (TPSA) is 54.7 Å². The van der Waals surface area contributed by atoms with Crippen LogP contribution in [0, 0.1) is 13.8 Å². The lowest BCUT2D eigenvalue weighted by Gasteiger charge is -2.19. The number of aryl methyl sites for hydroxylation is 2. The Morgan fingerprint density at radius 2 is 1.83 bits per heavy atom. The highest BCUT2D eigenvalue weighted by molar-refractivity contribution is 5.62. The first kappa shape index (κ1) is 12.8. The van der Waals surface area contributed by atoms with Gasteiger partial charge in [0.2, 0.25) is 0 Å². The van der Waals surface area contributed by atoms with E-state index in [9.17, 15) is 0 Å². The van der Waals surface area contributed by atoms with E-state index >= 15 is 0 Å². The molecular weight excluding hydrogens is 222 g/mol. The second kappa shape index (κ2) is 4.58. The molecule has 0 saturated heterocycles. The zero-order valence-corrected chi connectivity index (χ0v) is 11.5. The third kappa shape index (κ3) is 2.31. The molecule has 1 aromatic carbocycles. The van der Waals surface area contributed by atoms with E-state index < -0.39 is 5.54 Å². The van der Waals surface area contributed by atoms with Crippen molar-refractivity contribution in [2.75, 3.05) is 0 Å². The van der Waals surface area contributed by atoms with Gasteiger partial charge >= 0.3 is 0 Å². The van der Waals surface area contributed by atoms with Gasteiger partial charge in [-0.15, -0.1) is 0 Å². The van der Waals surface area contributed by atoms with Crippen molar-refractivity contribution >= 4 is 0 Å². The second-order valence-corrected chi connectivity index (χ2v) is 5.20. The van der Waals surface area contributed by atoms with Crippen LogP contribution >= 0.6 is 0 Å². The number of H-pyrrole nitrogens is 1. The number of aromatic nitrogens is 2. The van der Waals surface area contributed by atoms with Crippen molar-refractivity contribution < 1.29 is 0 Å². The van der Waals surface area contributed by atoms with E-state index in [0.717, 1.165) is 29.2 Å². The first-order valence-electron chi connectivity index (χ1n) is 6.37.